The van der Waals surface area contributed by atoms with Gasteiger partial charge in [0.1, 0.15) is 5.82 Å². The number of rotatable bonds is 2. The van der Waals surface area contributed by atoms with Crippen molar-refractivity contribution in [2.45, 2.75) is 0 Å². The van der Waals surface area contributed by atoms with Crippen molar-refractivity contribution in [2.75, 3.05) is 0 Å². The predicted molar refractivity (Wildman–Crippen MR) is 119 cm³/mol. The Morgan fingerprint density at radius 3 is 2.18 bits per heavy atom. The standard InChI is InChI=1S/C25H14FIO/c26-22-13-7-12-19-21(22)16-23(27)20(15-14-17-8-3-1-4-9-17)24(19)25(28)18-10-5-2-6-11-18/h1-13,16H. The average Bonchev–Trinajstić information content (AvgIpc) is 2.73. The van der Waals surface area contributed by atoms with Gasteiger partial charge in [-0.1, -0.05) is 72.5 Å². The van der Waals surface area contributed by atoms with Crippen molar-refractivity contribution in [2.24, 2.45) is 0 Å². The molecule has 0 N–H and O–H groups in total. The van der Waals surface area contributed by atoms with E-state index in [4.69, 9.17) is 0 Å². The Morgan fingerprint density at radius 2 is 1.46 bits per heavy atom. The number of halogens is 2. The summed E-state index contributed by atoms with van der Waals surface area (Å²) in [6, 6.07) is 25.2. The van der Waals surface area contributed by atoms with Crippen molar-refractivity contribution in [3.05, 3.63) is 117 Å². The third-order valence-corrected chi connectivity index (χ3v) is 5.30. The lowest BCUT2D eigenvalue weighted by Gasteiger charge is -2.12. The molecular weight excluding hydrogens is 462 g/mol. The molecule has 4 aromatic rings. The van der Waals surface area contributed by atoms with Gasteiger partial charge in [0.05, 0.1) is 5.56 Å². The van der Waals surface area contributed by atoms with Gasteiger partial charge in [0.2, 0.25) is 0 Å². The van der Waals surface area contributed by atoms with E-state index >= 15 is 0 Å². The molecule has 0 saturated heterocycles. The quantitative estimate of drug-likeness (QED) is 0.191. The Hall–Kier alpha value is -2.97. The first kappa shape index (κ1) is 18.4. The molecule has 0 aliphatic heterocycles. The van der Waals surface area contributed by atoms with Crippen LogP contribution in [0, 0.1) is 21.2 Å². The summed E-state index contributed by atoms with van der Waals surface area (Å²) in [4.78, 5) is 13.4. The van der Waals surface area contributed by atoms with Crippen molar-refractivity contribution in [1.82, 2.24) is 0 Å². The summed E-state index contributed by atoms with van der Waals surface area (Å²) in [5, 5.41) is 1.00. The number of hydrogen-bond acceptors (Lipinski definition) is 1. The highest BCUT2D eigenvalue weighted by molar-refractivity contribution is 14.1. The lowest BCUT2D eigenvalue weighted by molar-refractivity contribution is 0.104. The maximum atomic E-state index is 14.4. The molecule has 0 fully saturated rings. The molecular formula is C25H14FIO. The largest absolute Gasteiger partial charge is 0.289 e. The minimum absolute atomic E-state index is 0.160. The third kappa shape index (κ3) is 3.56. The van der Waals surface area contributed by atoms with Crippen LogP contribution in [0.2, 0.25) is 0 Å². The van der Waals surface area contributed by atoms with Gasteiger partial charge in [0.25, 0.3) is 0 Å². The molecule has 0 aromatic heterocycles. The monoisotopic (exact) mass is 476 g/mol. The van der Waals surface area contributed by atoms with Gasteiger partial charge in [-0.15, -0.1) is 0 Å². The van der Waals surface area contributed by atoms with Crippen LogP contribution in [-0.4, -0.2) is 5.78 Å². The predicted octanol–water partition coefficient (Wildman–Crippen LogP) is 6.21. The Kier molecular flexibility index (Phi) is 5.23. The van der Waals surface area contributed by atoms with Crippen molar-refractivity contribution in [3.63, 3.8) is 0 Å². The van der Waals surface area contributed by atoms with Crippen molar-refractivity contribution >= 4 is 39.1 Å². The Labute approximate surface area is 176 Å². The Bertz CT molecular complexity index is 1240. The van der Waals surface area contributed by atoms with E-state index in [0.29, 0.717) is 27.5 Å². The molecule has 3 heteroatoms. The first-order valence-electron chi connectivity index (χ1n) is 8.72. The van der Waals surface area contributed by atoms with E-state index in [2.05, 4.69) is 34.4 Å². The fraction of sp³-hybridized carbons (Fsp3) is 0. The lowest BCUT2D eigenvalue weighted by Crippen LogP contribution is -2.07. The van der Waals surface area contributed by atoms with Crippen LogP contribution in [0.3, 0.4) is 0 Å². The number of fused-ring (bicyclic) bond motifs is 1. The summed E-state index contributed by atoms with van der Waals surface area (Å²) >= 11 is 2.12. The summed E-state index contributed by atoms with van der Waals surface area (Å²) in [6.45, 7) is 0. The van der Waals surface area contributed by atoms with Crippen LogP contribution in [0.4, 0.5) is 4.39 Å². The zero-order valence-electron chi connectivity index (χ0n) is 14.7. The summed E-state index contributed by atoms with van der Waals surface area (Å²) in [7, 11) is 0. The summed E-state index contributed by atoms with van der Waals surface area (Å²) in [6.07, 6.45) is 0. The van der Waals surface area contributed by atoms with Crippen LogP contribution in [0.5, 0.6) is 0 Å². The van der Waals surface area contributed by atoms with Gasteiger partial charge in [-0.05, 0) is 52.2 Å². The van der Waals surface area contributed by atoms with E-state index in [0.717, 1.165) is 9.13 Å². The fourth-order valence-corrected chi connectivity index (χ4v) is 3.82. The summed E-state index contributed by atoms with van der Waals surface area (Å²) < 4.78 is 15.2. The maximum absolute atomic E-state index is 14.4. The van der Waals surface area contributed by atoms with Crippen molar-refractivity contribution in [1.29, 1.82) is 0 Å². The van der Waals surface area contributed by atoms with Gasteiger partial charge in [-0.2, -0.15) is 0 Å². The van der Waals surface area contributed by atoms with Gasteiger partial charge in [-0.3, -0.25) is 4.79 Å². The highest BCUT2D eigenvalue weighted by atomic mass is 127. The van der Waals surface area contributed by atoms with Crippen molar-refractivity contribution in [3.8, 4) is 11.8 Å². The van der Waals surface area contributed by atoms with Crippen molar-refractivity contribution < 1.29 is 9.18 Å². The van der Waals surface area contributed by atoms with Crippen LogP contribution in [0.25, 0.3) is 10.8 Å². The first-order chi connectivity index (χ1) is 13.6. The van der Waals surface area contributed by atoms with E-state index in [1.807, 2.05) is 48.5 Å². The molecule has 134 valence electrons. The zero-order valence-corrected chi connectivity index (χ0v) is 16.9. The second-order valence-electron chi connectivity index (χ2n) is 6.25. The van der Waals surface area contributed by atoms with E-state index in [1.54, 1.807) is 30.3 Å². The Morgan fingerprint density at radius 1 is 0.786 bits per heavy atom. The highest BCUT2D eigenvalue weighted by Crippen LogP contribution is 2.30. The van der Waals surface area contributed by atoms with E-state index in [1.165, 1.54) is 6.07 Å². The second kappa shape index (κ2) is 7.95. The molecule has 0 spiro atoms. The van der Waals surface area contributed by atoms with E-state index in [-0.39, 0.29) is 11.6 Å². The van der Waals surface area contributed by atoms with E-state index < -0.39 is 0 Å². The fourth-order valence-electron chi connectivity index (χ4n) is 3.10. The average molecular weight is 476 g/mol. The summed E-state index contributed by atoms with van der Waals surface area (Å²) in [5.74, 6) is 5.78. The highest BCUT2D eigenvalue weighted by Gasteiger charge is 2.20. The number of carbonyl (C=O) groups is 1. The molecule has 0 aliphatic rings. The first-order valence-corrected chi connectivity index (χ1v) is 9.80. The smallest absolute Gasteiger partial charge is 0.194 e. The molecule has 0 amide bonds. The molecule has 0 bridgehead atoms. The molecule has 4 rings (SSSR count). The van der Waals surface area contributed by atoms with Crippen LogP contribution in [0.1, 0.15) is 27.0 Å². The number of benzene rings is 4. The van der Waals surface area contributed by atoms with Gasteiger partial charge >= 0.3 is 0 Å². The third-order valence-electron chi connectivity index (χ3n) is 4.45. The Balaban J connectivity index is 2.00. The maximum Gasteiger partial charge on any atom is 0.194 e. The second-order valence-corrected chi connectivity index (χ2v) is 7.42. The van der Waals surface area contributed by atoms with Gasteiger partial charge in [-0.25, -0.2) is 4.39 Å². The van der Waals surface area contributed by atoms with Crippen LogP contribution >= 0.6 is 22.6 Å². The topological polar surface area (TPSA) is 17.1 Å². The molecule has 0 aliphatic carbocycles. The minimum Gasteiger partial charge on any atom is -0.289 e. The molecule has 0 heterocycles. The molecule has 28 heavy (non-hydrogen) atoms. The molecule has 1 nitrogen and oxygen atoms in total. The number of hydrogen-bond donors (Lipinski definition) is 0. The molecule has 4 aromatic carbocycles. The molecule has 0 unspecified atom stereocenters. The molecule has 0 saturated carbocycles. The molecule has 0 radical (unpaired) electrons. The van der Waals surface area contributed by atoms with Crippen LogP contribution < -0.4 is 0 Å². The van der Waals surface area contributed by atoms with Gasteiger partial charge in [0, 0.05) is 25.6 Å². The van der Waals surface area contributed by atoms with Gasteiger partial charge in [0.15, 0.2) is 5.78 Å². The lowest BCUT2D eigenvalue weighted by atomic mass is 9.92. The van der Waals surface area contributed by atoms with Crippen LogP contribution in [-0.2, 0) is 0 Å². The SMILES string of the molecule is O=C(c1ccccc1)c1c(C#Cc2ccccc2)c(I)cc2c(F)cccc12. The molecule has 0 atom stereocenters. The summed E-state index contributed by atoms with van der Waals surface area (Å²) in [5.41, 5.74) is 2.47. The minimum atomic E-state index is -0.347. The van der Waals surface area contributed by atoms with Crippen LogP contribution in [0.15, 0.2) is 84.9 Å². The normalized spacial score (nSPS) is 10.4. The van der Waals surface area contributed by atoms with Gasteiger partial charge < -0.3 is 0 Å². The van der Waals surface area contributed by atoms with E-state index in [9.17, 15) is 9.18 Å². The number of carbonyl (C=O) groups excluding carboxylic acids is 1. The number of ketones is 1. The zero-order chi connectivity index (χ0) is 19.5.